The molecule has 29 heavy (non-hydrogen) atoms. The predicted molar refractivity (Wildman–Crippen MR) is 130 cm³/mol. The van der Waals surface area contributed by atoms with Gasteiger partial charge in [0.2, 0.25) is 5.88 Å². The number of hydrogen-bond acceptors (Lipinski definition) is 5. The van der Waals surface area contributed by atoms with Crippen molar-refractivity contribution in [2.24, 2.45) is 4.99 Å². The normalized spacial score (nSPS) is 15.6. The minimum absolute atomic E-state index is 0. The van der Waals surface area contributed by atoms with Gasteiger partial charge in [-0.3, -0.25) is 0 Å². The third-order valence-corrected chi connectivity index (χ3v) is 5.90. The van der Waals surface area contributed by atoms with Crippen molar-refractivity contribution in [2.45, 2.75) is 51.4 Å². The fraction of sp³-hybridized carbons (Fsp3) is 0.500. The average Bonchev–Trinajstić information content (AvgIpc) is 3.36. The molecule has 1 saturated carbocycles. The summed E-state index contributed by atoms with van der Waals surface area (Å²) >= 11 is 7.32. The number of rotatable bonds is 8. The number of hydrogen-bond donors (Lipinski definition) is 3. The fourth-order valence-corrected chi connectivity index (χ4v) is 4.17. The van der Waals surface area contributed by atoms with Crippen LogP contribution in [0, 0.1) is 0 Å². The van der Waals surface area contributed by atoms with Crippen LogP contribution in [0.2, 0.25) is 4.34 Å². The zero-order valence-electron chi connectivity index (χ0n) is 16.4. The summed E-state index contributed by atoms with van der Waals surface area (Å²) in [7, 11) is 0. The number of aromatic nitrogens is 1. The topological polar surface area (TPSA) is 78.8 Å². The van der Waals surface area contributed by atoms with Gasteiger partial charge >= 0.3 is 0 Å². The Hall–Kier alpha value is -1.10. The highest BCUT2D eigenvalue weighted by Gasteiger charge is 2.18. The minimum atomic E-state index is -0.638. The van der Waals surface area contributed by atoms with Gasteiger partial charge in [0.25, 0.3) is 0 Å². The van der Waals surface area contributed by atoms with Crippen LogP contribution in [-0.2, 0) is 6.54 Å². The summed E-state index contributed by atoms with van der Waals surface area (Å²) in [6, 6.07) is 7.52. The van der Waals surface area contributed by atoms with Gasteiger partial charge in [0.1, 0.15) is 12.2 Å². The number of nitrogens with zero attached hydrogens (tertiary/aromatic N) is 2. The highest BCUT2D eigenvalue weighted by molar-refractivity contribution is 14.0. The largest absolute Gasteiger partial charge is 0.474 e. The smallest absolute Gasteiger partial charge is 0.218 e. The molecule has 1 aliphatic rings. The summed E-state index contributed by atoms with van der Waals surface area (Å²) in [6.07, 6.45) is 6.00. The van der Waals surface area contributed by atoms with Crippen molar-refractivity contribution in [3.05, 3.63) is 45.2 Å². The van der Waals surface area contributed by atoms with Crippen molar-refractivity contribution in [2.75, 3.05) is 13.1 Å². The van der Waals surface area contributed by atoms with E-state index in [4.69, 9.17) is 16.3 Å². The molecule has 1 fully saturated rings. The maximum Gasteiger partial charge on any atom is 0.218 e. The van der Waals surface area contributed by atoms with Crippen LogP contribution >= 0.6 is 46.9 Å². The van der Waals surface area contributed by atoms with Gasteiger partial charge in [0.15, 0.2) is 5.96 Å². The molecule has 2 heterocycles. The first-order chi connectivity index (χ1) is 13.7. The maximum atomic E-state index is 10.3. The van der Waals surface area contributed by atoms with Gasteiger partial charge in [-0.2, -0.15) is 0 Å². The Labute approximate surface area is 198 Å². The molecule has 0 spiro atoms. The Balaban J connectivity index is 0.00000300. The van der Waals surface area contributed by atoms with Crippen LogP contribution in [0.4, 0.5) is 0 Å². The molecule has 1 unspecified atom stereocenters. The van der Waals surface area contributed by atoms with Gasteiger partial charge in [-0.15, -0.1) is 35.3 Å². The molecule has 0 amide bonds. The number of nitrogens with one attached hydrogen (secondary N) is 2. The van der Waals surface area contributed by atoms with Crippen LogP contribution < -0.4 is 15.4 Å². The average molecular weight is 551 g/mol. The van der Waals surface area contributed by atoms with Crippen molar-refractivity contribution in [1.29, 1.82) is 0 Å². The number of halogens is 2. The van der Waals surface area contributed by atoms with Gasteiger partial charge < -0.3 is 20.5 Å². The Bertz CT molecular complexity index is 783. The molecule has 1 atom stereocenters. The number of aliphatic hydroxyl groups is 1. The van der Waals surface area contributed by atoms with Crippen molar-refractivity contribution in [3.63, 3.8) is 0 Å². The molecule has 0 saturated heterocycles. The molecular weight excluding hydrogens is 523 g/mol. The van der Waals surface area contributed by atoms with E-state index >= 15 is 0 Å². The summed E-state index contributed by atoms with van der Waals surface area (Å²) in [4.78, 5) is 9.86. The van der Waals surface area contributed by atoms with Crippen LogP contribution in [0.5, 0.6) is 5.88 Å². The van der Waals surface area contributed by atoms with Gasteiger partial charge in [-0.1, -0.05) is 17.7 Å². The van der Waals surface area contributed by atoms with E-state index in [2.05, 4.69) is 20.6 Å². The summed E-state index contributed by atoms with van der Waals surface area (Å²) in [5.41, 5.74) is 0.956. The third kappa shape index (κ3) is 7.58. The maximum absolute atomic E-state index is 10.3. The minimum Gasteiger partial charge on any atom is -0.474 e. The molecule has 2 aromatic rings. The van der Waals surface area contributed by atoms with Crippen LogP contribution in [0.15, 0.2) is 35.5 Å². The van der Waals surface area contributed by atoms with Gasteiger partial charge in [0.05, 0.1) is 10.9 Å². The lowest BCUT2D eigenvalue weighted by atomic mass is 10.2. The standard InChI is InChI=1S/C20H27ClN4O2S.HI/c1-2-22-20(25-13-16(26)17-9-10-18(21)28-17)24-12-14-6-5-11-23-19(14)27-15-7-3-4-8-15;/h5-6,9-11,15-16,26H,2-4,7-8,12-13H2,1H3,(H2,22,24,25);1H. The van der Waals surface area contributed by atoms with Crippen LogP contribution in [0.25, 0.3) is 0 Å². The Morgan fingerprint density at radius 1 is 1.34 bits per heavy atom. The lowest BCUT2D eigenvalue weighted by Gasteiger charge is -2.16. The number of guanidine groups is 1. The molecule has 6 nitrogen and oxygen atoms in total. The summed E-state index contributed by atoms with van der Waals surface area (Å²) in [6.45, 7) is 3.53. The second-order valence-electron chi connectivity index (χ2n) is 6.73. The second kappa shape index (κ2) is 12.6. The number of aliphatic hydroxyl groups excluding tert-OH is 1. The molecule has 160 valence electrons. The van der Waals surface area contributed by atoms with E-state index in [1.54, 1.807) is 12.3 Å². The second-order valence-corrected chi connectivity index (χ2v) is 8.47. The SMILES string of the molecule is CCNC(=NCc1cccnc1OC1CCCC1)NCC(O)c1ccc(Cl)s1.I. The molecule has 3 rings (SSSR count). The molecule has 0 bridgehead atoms. The molecule has 0 aromatic carbocycles. The van der Waals surface area contributed by atoms with Crippen molar-refractivity contribution in [1.82, 2.24) is 15.6 Å². The molecule has 3 N–H and O–H groups in total. The summed E-state index contributed by atoms with van der Waals surface area (Å²) < 4.78 is 6.75. The molecular formula is C20H28ClIN4O2S. The fourth-order valence-electron chi connectivity index (χ4n) is 3.12. The predicted octanol–water partition coefficient (Wildman–Crippen LogP) is 4.52. The first-order valence-corrected chi connectivity index (χ1v) is 10.9. The molecule has 9 heteroatoms. The Morgan fingerprint density at radius 3 is 2.83 bits per heavy atom. The quantitative estimate of drug-likeness (QED) is 0.256. The van der Waals surface area contributed by atoms with Crippen LogP contribution in [-0.4, -0.2) is 35.2 Å². The lowest BCUT2D eigenvalue weighted by molar-refractivity contribution is 0.184. The zero-order valence-corrected chi connectivity index (χ0v) is 20.3. The molecule has 0 radical (unpaired) electrons. The summed E-state index contributed by atoms with van der Waals surface area (Å²) in [5, 5.41) is 16.7. The van der Waals surface area contributed by atoms with Crippen molar-refractivity contribution in [3.8, 4) is 5.88 Å². The monoisotopic (exact) mass is 550 g/mol. The number of pyridine rings is 1. The zero-order chi connectivity index (χ0) is 19.8. The molecule has 2 aromatic heterocycles. The first kappa shape index (κ1) is 24.2. The van der Waals surface area contributed by atoms with E-state index in [1.807, 2.05) is 25.1 Å². The van der Waals surface area contributed by atoms with E-state index in [0.717, 1.165) is 29.8 Å². The van der Waals surface area contributed by atoms with E-state index in [1.165, 1.54) is 24.2 Å². The van der Waals surface area contributed by atoms with E-state index in [0.29, 0.717) is 29.3 Å². The first-order valence-electron chi connectivity index (χ1n) is 9.71. The van der Waals surface area contributed by atoms with E-state index in [9.17, 15) is 5.11 Å². The highest BCUT2D eigenvalue weighted by Crippen LogP contribution is 2.27. The Kier molecular flexibility index (Phi) is 10.5. The summed E-state index contributed by atoms with van der Waals surface area (Å²) in [5.74, 6) is 1.31. The van der Waals surface area contributed by atoms with Gasteiger partial charge in [0, 0.05) is 29.7 Å². The van der Waals surface area contributed by atoms with Gasteiger partial charge in [-0.05, 0) is 50.8 Å². The third-order valence-electron chi connectivity index (χ3n) is 4.57. The number of aliphatic imine (C=N–C) groups is 1. The van der Waals surface area contributed by atoms with E-state index in [-0.39, 0.29) is 30.1 Å². The van der Waals surface area contributed by atoms with E-state index < -0.39 is 6.10 Å². The van der Waals surface area contributed by atoms with Gasteiger partial charge in [-0.25, -0.2) is 9.98 Å². The molecule has 1 aliphatic carbocycles. The highest BCUT2D eigenvalue weighted by atomic mass is 127. The van der Waals surface area contributed by atoms with Crippen molar-refractivity contribution >= 4 is 52.9 Å². The number of thiophene rings is 1. The van der Waals surface area contributed by atoms with Crippen LogP contribution in [0.1, 0.15) is 49.2 Å². The molecule has 0 aliphatic heterocycles. The van der Waals surface area contributed by atoms with Crippen molar-refractivity contribution < 1.29 is 9.84 Å². The Morgan fingerprint density at radius 2 is 2.14 bits per heavy atom. The van der Waals surface area contributed by atoms with Crippen LogP contribution in [0.3, 0.4) is 0 Å². The number of ether oxygens (including phenoxy) is 1. The lowest BCUT2D eigenvalue weighted by Crippen LogP contribution is -2.39.